The number of aliphatic carboxylic acids is 1. The van der Waals surface area contributed by atoms with Crippen LogP contribution in [0.1, 0.15) is 49.7 Å². The number of carboxylic acid groups (broad SMARTS) is 1. The van der Waals surface area contributed by atoms with Crippen molar-refractivity contribution in [1.82, 2.24) is 0 Å². The first-order chi connectivity index (χ1) is 8.70. The van der Waals surface area contributed by atoms with Gasteiger partial charge in [-0.05, 0) is 61.0 Å². The Hall–Kier alpha value is -1.31. The molecule has 0 atom stereocenters. The molecule has 0 amide bonds. The molecule has 1 N–H and O–H groups in total. The minimum Gasteiger partial charge on any atom is -0.481 e. The highest BCUT2D eigenvalue weighted by atomic mass is 16.4. The van der Waals surface area contributed by atoms with E-state index in [0.29, 0.717) is 17.8 Å². The van der Waals surface area contributed by atoms with Gasteiger partial charge in [0.2, 0.25) is 0 Å². The lowest BCUT2D eigenvalue weighted by Crippen LogP contribution is -2.30. The molecule has 1 aromatic rings. The lowest BCUT2D eigenvalue weighted by Gasteiger charge is -2.38. The number of aryl methyl sites for hydroxylation is 1. The van der Waals surface area contributed by atoms with E-state index in [1.54, 1.807) is 5.56 Å². The number of hydrogen-bond acceptors (Lipinski definition) is 1. The lowest BCUT2D eigenvalue weighted by atomic mass is 9.67. The van der Waals surface area contributed by atoms with Gasteiger partial charge in [0.15, 0.2) is 0 Å². The monoisotopic (exact) mass is 244 g/mol. The van der Waals surface area contributed by atoms with E-state index in [1.807, 2.05) is 0 Å². The van der Waals surface area contributed by atoms with E-state index in [2.05, 4.69) is 24.3 Å². The van der Waals surface area contributed by atoms with Crippen LogP contribution in [0, 0.1) is 5.92 Å². The molecule has 0 unspecified atom stereocenters. The van der Waals surface area contributed by atoms with Gasteiger partial charge < -0.3 is 5.11 Å². The van der Waals surface area contributed by atoms with Crippen molar-refractivity contribution in [3.05, 3.63) is 35.4 Å². The molecule has 0 bridgehead atoms. The van der Waals surface area contributed by atoms with Crippen LogP contribution in [0.15, 0.2) is 24.3 Å². The van der Waals surface area contributed by atoms with Gasteiger partial charge in [0, 0.05) is 6.42 Å². The fraction of sp³-hybridized carbons (Fsp3) is 0.562. The third kappa shape index (κ3) is 1.94. The molecule has 2 aliphatic rings. The fourth-order valence-corrected chi connectivity index (χ4v) is 3.96. The van der Waals surface area contributed by atoms with E-state index in [4.69, 9.17) is 5.11 Å². The van der Waals surface area contributed by atoms with E-state index in [1.165, 1.54) is 31.2 Å². The summed E-state index contributed by atoms with van der Waals surface area (Å²) >= 11 is 0. The van der Waals surface area contributed by atoms with Gasteiger partial charge in [0.25, 0.3) is 0 Å². The molecule has 1 aromatic carbocycles. The standard InChI is InChI=1S/C16H20O2/c17-15(18)11-12-5-8-16(9-6-12)10-7-13-3-1-2-4-14(13)16/h1-4,12H,5-11H2,(H,17,18). The Morgan fingerprint density at radius 2 is 1.94 bits per heavy atom. The number of rotatable bonds is 2. The summed E-state index contributed by atoms with van der Waals surface area (Å²) in [5.74, 6) is -0.233. The van der Waals surface area contributed by atoms with Crippen molar-refractivity contribution in [2.24, 2.45) is 5.92 Å². The average molecular weight is 244 g/mol. The summed E-state index contributed by atoms with van der Waals surface area (Å²) in [6.45, 7) is 0. The number of benzene rings is 1. The molecule has 18 heavy (non-hydrogen) atoms. The Labute approximate surface area is 108 Å². The number of carbonyl (C=O) groups is 1. The Morgan fingerprint density at radius 3 is 2.67 bits per heavy atom. The molecule has 0 heterocycles. The van der Waals surface area contributed by atoms with Crippen molar-refractivity contribution in [2.45, 2.75) is 50.4 Å². The third-order valence-electron chi connectivity index (χ3n) is 4.99. The Morgan fingerprint density at radius 1 is 1.22 bits per heavy atom. The van der Waals surface area contributed by atoms with Crippen molar-refractivity contribution in [3.8, 4) is 0 Å². The summed E-state index contributed by atoms with van der Waals surface area (Å²) in [5.41, 5.74) is 3.46. The van der Waals surface area contributed by atoms with E-state index < -0.39 is 5.97 Å². The first-order valence-corrected chi connectivity index (χ1v) is 7.00. The summed E-state index contributed by atoms with van der Waals surface area (Å²) in [5, 5.41) is 8.88. The van der Waals surface area contributed by atoms with Crippen molar-refractivity contribution in [2.75, 3.05) is 0 Å². The van der Waals surface area contributed by atoms with Crippen molar-refractivity contribution in [3.63, 3.8) is 0 Å². The summed E-state index contributed by atoms with van der Waals surface area (Å²) < 4.78 is 0. The summed E-state index contributed by atoms with van der Waals surface area (Å²) in [6.07, 6.45) is 7.37. The molecule has 1 saturated carbocycles. The fourth-order valence-electron chi connectivity index (χ4n) is 3.96. The first kappa shape index (κ1) is 11.8. The summed E-state index contributed by atoms with van der Waals surface area (Å²) in [6, 6.07) is 8.83. The Balaban J connectivity index is 1.75. The summed E-state index contributed by atoms with van der Waals surface area (Å²) in [4.78, 5) is 10.8. The molecule has 0 saturated heterocycles. The van der Waals surface area contributed by atoms with Crippen LogP contribution in [0.25, 0.3) is 0 Å². The van der Waals surface area contributed by atoms with Crippen LogP contribution in [0.3, 0.4) is 0 Å². The maximum absolute atomic E-state index is 10.8. The molecule has 2 aliphatic carbocycles. The van der Waals surface area contributed by atoms with Crippen LogP contribution in [0.2, 0.25) is 0 Å². The van der Waals surface area contributed by atoms with Gasteiger partial charge in [-0.25, -0.2) is 0 Å². The highest BCUT2D eigenvalue weighted by Gasteiger charge is 2.41. The van der Waals surface area contributed by atoms with Gasteiger partial charge in [-0.1, -0.05) is 24.3 Å². The topological polar surface area (TPSA) is 37.3 Å². The van der Waals surface area contributed by atoms with Gasteiger partial charge in [-0.2, -0.15) is 0 Å². The van der Waals surface area contributed by atoms with Crippen LogP contribution < -0.4 is 0 Å². The second-order valence-corrected chi connectivity index (χ2v) is 5.98. The van der Waals surface area contributed by atoms with Gasteiger partial charge in [-0.3, -0.25) is 4.79 Å². The highest BCUT2D eigenvalue weighted by Crippen LogP contribution is 2.50. The van der Waals surface area contributed by atoms with Gasteiger partial charge in [0.1, 0.15) is 0 Å². The zero-order valence-corrected chi connectivity index (χ0v) is 10.7. The van der Waals surface area contributed by atoms with Gasteiger partial charge >= 0.3 is 5.97 Å². The smallest absolute Gasteiger partial charge is 0.303 e. The molecule has 1 spiro atoms. The van der Waals surface area contributed by atoms with E-state index in [0.717, 1.165) is 12.8 Å². The minimum absolute atomic E-state index is 0.359. The second-order valence-electron chi connectivity index (χ2n) is 5.98. The number of fused-ring (bicyclic) bond motifs is 2. The third-order valence-corrected chi connectivity index (χ3v) is 4.99. The molecule has 96 valence electrons. The maximum atomic E-state index is 10.8. The minimum atomic E-state index is -0.636. The Kier molecular flexibility index (Phi) is 2.89. The molecule has 0 radical (unpaired) electrons. The Bertz CT molecular complexity index is 456. The number of hydrogen-bond donors (Lipinski definition) is 1. The molecule has 3 rings (SSSR count). The highest BCUT2D eigenvalue weighted by molar-refractivity contribution is 5.67. The maximum Gasteiger partial charge on any atom is 0.303 e. The predicted molar refractivity (Wildman–Crippen MR) is 70.7 cm³/mol. The molecular weight excluding hydrogens is 224 g/mol. The molecule has 2 heteroatoms. The number of carboxylic acids is 1. The van der Waals surface area contributed by atoms with Crippen molar-refractivity contribution < 1.29 is 9.90 Å². The lowest BCUT2D eigenvalue weighted by molar-refractivity contribution is -0.138. The SMILES string of the molecule is O=C(O)CC1CCC2(CCc3ccccc32)CC1. The predicted octanol–water partition coefficient (Wildman–Crippen LogP) is 3.54. The average Bonchev–Trinajstić information content (AvgIpc) is 2.72. The van der Waals surface area contributed by atoms with Gasteiger partial charge in [0.05, 0.1) is 0 Å². The van der Waals surface area contributed by atoms with Crippen molar-refractivity contribution in [1.29, 1.82) is 0 Å². The second kappa shape index (κ2) is 4.42. The quantitative estimate of drug-likeness (QED) is 0.864. The zero-order valence-electron chi connectivity index (χ0n) is 10.7. The van der Waals surface area contributed by atoms with Crippen LogP contribution in [0.5, 0.6) is 0 Å². The molecule has 0 aromatic heterocycles. The van der Waals surface area contributed by atoms with Crippen molar-refractivity contribution >= 4 is 5.97 Å². The summed E-state index contributed by atoms with van der Waals surface area (Å²) in [7, 11) is 0. The molecule has 1 fully saturated rings. The molecular formula is C16H20O2. The van der Waals surface area contributed by atoms with E-state index in [9.17, 15) is 4.79 Å². The van der Waals surface area contributed by atoms with Crippen LogP contribution in [0.4, 0.5) is 0 Å². The molecule has 0 aliphatic heterocycles. The van der Waals surface area contributed by atoms with Crippen LogP contribution in [-0.2, 0) is 16.6 Å². The van der Waals surface area contributed by atoms with Crippen LogP contribution >= 0.6 is 0 Å². The van der Waals surface area contributed by atoms with Gasteiger partial charge in [-0.15, -0.1) is 0 Å². The zero-order chi connectivity index (χ0) is 12.6. The van der Waals surface area contributed by atoms with E-state index in [-0.39, 0.29) is 0 Å². The largest absolute Gasteiger partial charge is 0.481 e. The van der Waals surface area contributed by atoms with E-state index >= 15 is 0 Å². The van der Waals surface area contributed by atoms with Crippen LogP contribution in [-0.4, -0.2) is 11.1 Å². The first-order valence-electron chi connectivity index (χ1n) is 7.00. The molecule has 2 nitrogen and oxygen atoms in total. The normalized spacial score (nSPS) is 30.3.